The summed E-state index contributed by atoms with van der Waals surface area (Å²) in [7, 11) is -3.73. The minimum absolute atomic E-state index is 0.0474. The number of esters is 1. The highest BCUT2D eigenvalue weighted by molar-refractivity contribution is 7.42. The first-order valence-corrected chi connectivity index (χ1v) is 14.8. The predicted molar refractivity (Wildman–Crippen MR) is 144 cm³/mol. The summed E-state index contributed by atoms with van der Waals surface area (Å²) in [5.74, 6) is 2.50. The van der Waals surface area contributed by atoms with Crippen LogP contribution in [0.4, 0.5) is 4.39 Å². The fraction of sp³-hybridized carbons (Fsp3) is 0.533. The second-order valence-electron chi connectivity index (χ2n) is 12.0. The van der Waals surface area contributed by atoms with Crippen LogP contribution < -0.4 is 4.74 Å². The number of halogens is 1. The van der Waals surface area contributed by atoms with Gasteiger partial charge in [0.1, 0.15) is 5.82 Å². The number of nitrogens with zero attached hydrogens (tertiary/aromatic N) is 1. The average molecular weight is 540 g/mol. The van der Waals surface area contributed by atoms with E-state index in [1.807, 2.05) is 25.8 Å². The fourth-order valence-corrected chi connectivity index (χ4v) is 8.15. The van der Waals surface area contributed by atoms with Gasteiger partial charge in [0.25, 0.3) is 0 Å². The molecule has 2 aromatic rings. The molecule has 3 unspecified atom stereocenters. The van der Waals surface area contributed by atoms with E-state index in [-0.39, 0.29) is 17.1 Å². The van der Waals surface area contributed by atoms with E-state index in [1.54, 1.807) is 12.1 Å². The third-order valence-corrected chi connectivity index (χ3v) is 10.4. The molecule has 0 aliphatic heterocycles. The van der Waals surface area contributed by atoms with Gasteiger partial charge in [-0.05, 0) is 92.9 Å². The van der Waals surface area contributed by atoms with Crippen LogP contribution >= 0.6 is 8.03 Å². The Hall–Kier alpha value is -2.52. The number of carbonyl (C=O) groups excluding carboxylic acids is 1. The highest BCUT2D eigenvalue weighted by Gasteiger charge is 2.53. The highest BCUT2D eigenvalue weighted by Crippen LogP contribution is 2.61. The van der Waals surface area contributed by atoms with Crippen molar-refractivity contribution in [3.63, 3.8) is 0 Å². The van der Waals surface area contributed by atoms with Gasteiger partial charge in [0.05, 0.1) is 11.8 Å². The van der Waals surface area contributed by atoms with Gasteiger partial charge in [0.15, 0.2) is 5.75 Å². The van der Waals surface area contributed by atoms with Crippen molar-refractivity contribution in [1.82, 2.24) is 4.98 Å². The molecular formula is C30H35FNO5P. The molecular weight excluding hydrogens is 504 g/mol. The molecule has 1 aromatic carbocycles. The number of hydrogen-bond donors (Lipinski definition) is 2. The maximum atomic E-state index is 13.9. The summed E-state index contributed by atoms with van der Waals surface area (Å²) in [4.78, 5) is 28.5. The molecule has 0 amide bonds. The number of aliphatic hydroxyl groups excluding tert-OH is 1. The number of pyridine rings is 1. The molecule has 4 aliphatic rings. The highest BCUT2D eigenvalue weighted by atomic mass is 31.1. The van der Waals surface area contributed by atoms with Crippen LogP contribution in [0.1, 0.15) is 76.6 Å². The van der Waals surface area contributed by atoms with Crippen molar-refractivity contribution < 1.29 is 28.5 Å². The summed E-state index contributed by atoms with van der Waals surface area (Å²) in [6.07, 6.45) is 11.0. The minimum atomic E-state index is -3.73. The predicted octanol–water partition coefficient (Wildman–Crippen LogP) is 5.60. The normalized spacial score (nSPS) is 28.9. The number of benzene rings is 1. The van der Waals surface area contributed by atoms with Gasteiger partial charge in [-0.2, -0.15) is 0 Å². The monoisotopic (exact) mass is 539 g/mol. The summed E-state index contributed by atoms with van der Waals surface area (Å²) < 4.78 is 32.0. The minimum Gasteiger partial charge on any atom is -0.422 e. The third kappa shape index (κ3) is 4.41. The smallest absolute Gasteiger partial charge is 0.342 e. The molecule has 1 aromatic heterocycles. The number of hydrogen-bond acceptors (Lipinski definition) is 5. The van der Waals surface area contributed by atoms with Crippen LogP contribution in [0.5, 0.6) is 5.75 Å². The molecule has 4 saturated carbocycles. The van der Waals surface area contributed by atoms with Gasteiger partial charge in [-0.1, -0.05) is 31.9 Å². The lowest BCUT2D eigenvalue weighted by Crippen LogP contribution is -2.49. The van der Waals surface area contributed by atoms with Crippen LogP contribution in [0.3, 0.4) is 0 Å². The lowest BCUT2D eigenvalue weighted by molar-refractivity contribution is -0.138. The van der Waals surface area contributed by atoms with Crippen molar-refractivity contribution in [1.29, 1.82) is 0 Å². The summed E-state index contributed by atoms with van der Waals surface area (Å²) in [5.41, 5.74) is 2.63. The van der Waals surface area contributed by atoms with Gasteiger partial charge in [0, 0.05) is 16.7 Å². The van der Waals surface area contributed by atoms with E-state index in [1.165, 1.54) is 38.3 Å². The molecule has 6 nitrogen and oxygen atoms in total. The molecule has 4 aliphatic carbocycles. The molecule has 38 heavy (non-hydrogen) atoms. The van der Waals surface area contributed by atoms with Crippen LogP contribution in [0.2, 0.25) is 0 Å². The quantitative estimate of drug-likeness (QED) is 0.270. The Morgan fingerprint density at radius 3 is 2.16 bits per heavy atom. The van der Waals surface area contributed by atoms with E-state index in [0.29, 0.717) is 34.6 Å². The number of terminal acetylenes is 1. The Labute approximate surface area is 223 Å². The van der Waals surface area contributed by atoms with E-state index in [0.717, 1.165) is 25.0 Å². The molecule has 0 radical (unpaired) electrons. The van der Waals surface area contributed by atoms with Gasteiger partial charge in [0.2, 0.25) is 13.2 Å². The number of ether oxygens (including phenoxy) is 1. The molecule has 4 bridgehead atoms. The summed E-state index contributed by atoms with van der Waals surface area (Å²) in [5, 5.41) is 7.88. The number of aromatic nitrogens is 1. The first kappa shape index (κ1) is 27.1. The standard InChI is InChI=1S/C30H35FNO5P/c1-5-30(18(4)33,38(35)36)28(34)37-27-24(22-6-8-23(31)9-7-22)13-25(32-26(27)17(2)3)29-14-19-10-20(15-29)12-21(11-19)16-29/h1,6-9,13,17-21,33,38H,10-12,14-16H2,2-4H3,(H,35,36). The first-order chi connectivity index (χ1) is 18.0. The lowest BCUT2D eigenvalue weighted by atomic mass is 9.48. The van der Waals surface area contributed by atoms with E-state index < -0.39 is 31.1 Å². The lowest BCUT2D eigenvalue weighted by Gasteiger charge is -2.56. The van der Waals surface area contributed by atoms with Crippen LogP contribution in [0.25, 0.3) is 11.1 Å². The maximum Gasteiger partial charge on any atom is 0.342 e. The molecule has 1 heterocycles. The maximum absolute atomic E-state index is 13.9. The summed E-state index contributed by atoms with van der Waals surface area (Å²) >= 11 is 0. The van der Waals surface area contributed by atoms with Gasteiger partial charge in [-0.25, -0.2) is 9.18 Å². The van der Waals surface area contributed by atoms with E-state index in [2.05, 4.69) is 0 Å². The molecule has 6 rings (SSSR count). The summed E-state index contributed by atoms with van der Waals surface area (Å²) in [6.45, 7) is 5.07. The van der Waals surface area contributed by atoms with Crippen LogP contribution in [0.15, 0.2) is 30.3 Å². The van der Waals surface area contributed by atoms with Crippen molar-refractivity contribution in [2.75, 3.05) is 0 Å². The number of carbonyl (C=O) groups is 1. The average Bonchev–Trinajstić information content (AvgIpc) is 2.84. The van der Waals surface area contributed by atoms with E-state index in [4.69, 9.17) is 16.1 Å². The van der Waals surface area contributed by atoms with Crippen molar-refractivity contribution in [2.24, 2.45) is 17.8 Å². The van der Waals surface area contributed by atoms with Crippen molar-refractivity contribution in [3.05, 3.63) is 47.5 Å². The Balaban J connectivity index is 1.68. The van der Waals surface area contributed by atoms with Gasteiger partial charge in [-0.15, -0.1) is 6.42 Å². The van der Waals surface area contributed by atoms with E-state index >= 15 is 0 Å². The zero-order valence-corrected chi connectivity index (χ0v) is 23.0. The van der Waals surface area contributed by atoms with Crippen LogP contribution in [-0.2, 0) is 14.8 Å². The first-order valence-electron chi connectivity index (χ1n) is 13.4. The molecule has 202 valence electrons. The Morgan fingerprint density at radius 1 is 1.16 bits per heavy atom. The summed E-state index contributed by atoms with van der Waals surface area (Å²) in [6, 6.07) is 7.88. The third-order valence-electron chi connectivity index (χ3n) is 8.99. The largest absolute Gasteiger partial charge is 0.422 e. The van der Waals surface area contributed by atoms with Crippen LogP contribution in [-0.4, -0.2) is 32.2 Å². The molecule has 8 heteroatoms. The Kier molecular flexibility index (Phi) is 7.05. The SMILES string of the molecule is C#CC(C(=O)Oc1c(-c2ccc(F)cc2)cc(C23CC4CC(CC(C4)C2)C3)nc1C(C)C)(C(C)O)[PH](=O)O. The molecule has 0 spiro atoms. The van der Waals surface area contributed by atoms with Crippen molar-refractivity contribution >= 4 is 14.0 Å². The Morgan fingerprint density at radius 2 is 1.71 bits per heavy atom. The number of rotatable bonds is 7. The van der Waals surface area contributed by atoms with Gasteiger partial charge in [-0.3, -0.25) is 9.55 Å². The Bertz CT molecular complexity index is 1280. The van der Waals surface area contributed by atoms with Gasteiger partial charge >= 0.3 is 5.97 Å². The number of aliphatic hydroxyl groups is 1. The van der Waals surface area contributed by atoms with Gasteiger partial charge < -0.3 is 14.7 Å². The topological polar surface area (TPSA) is 96.7 Å². The molecule has 0 saturated heterocycles. The molecule has 4 fully saturated rings. The molecule has 2 N–H and O–H groups in total. The zero-order valence-electron chi connectivity index (χ0n) is 22.0. The molecule has 3 atom stereocenters. The van der Waals surface area contributed by atoms with E-state index in [9.17, 15) is 23.7 Å². The fourth-order valence-electron chi connectivity index (χ4n) is 7.44. The second-order valence-corrected chi connectivity index (χ2v) is 13.4. The van der Waals surface area contributed by atoms with Crippen molar-refractivity contribution in [3.8, 4) is 29.2 Å². The second kappa shape index (κ2) is 9.90. The van der Waals surface area contributed by atoms with Crippen LogP contribution in [0, 0.1) is 35.9 Å². The van der Waals surface area contributed by atoms with Crippen molar-refractivity contribution in [2.45, 2.75) is 81.9 Å². The zero-order chi connectivity index (χ0) is 27.4.